The van der Waals surface area contributed by atoms with Crippen molar-refractivity contribution in [1.82, 2.24) is 9.78 Å². The van der Waals surface area contributed by atoms with Crippen molar-refractivity contribution in [2.45, 2.75) is 32.6 Å². The summed E-state index contributed by atoms with van der Waals surface area (Å²) in [5.74, 6) is 1.09. The summed E-state index contributed by atoms with van der Waals surface area (Å²) >= 11 is 12.2. The van der Waals surface area contributed by atoms with Crippen LogP contribution in [0.1, 0.15) is 31.0 Å². The molecule has 2 heterocycles. The molecular formula is C15H17Cl2N3. The fourth-order valence-corrected chi connectivity index (χ4v) is 3.15. The van der Waals surface area contributed by atoms with E-state index in [1.807, 2.05) is 16.8 Å². The van der Waals surface area contributed by atoms with Crippen LogP contribution in [-0.4, -0.2) is 16.3 Å². The van der Waals surface area contributed by atoms with Gasteiger partial charge >= 0.3 is 0 Å². The van der Waals surface area contributed by atoms with Gasteiger partial charge in [0.15, 0.2) is 0 Å². The summed E-state index contributed by atoms with van der Waals surface area (Å²) < 4.78 is 1.94. The zero-order valence-corrected chi connectivity index (χ0v) is 12.9. The first kappa shape index (κ1) is 13.8. The molecule has 0 radical (unpaired) electrons. The van der Waals surface area contributed by atoms with Crippen molar-refractivity contribution < 1.29 is 0 Å². The highest BCUT2D eigenvalue weighted by molar-refractivity contribution is 6.34. The van der Waals surface area contributed by atoms with Crippen LogP contribution in [0.4, 0.5) is 5.82 Å². The van der Waals surface area contributed by atoms with Gasteiger partial charge in [0.1, 0.15) is 5.82 Å². The Kier molecular flexibility index (Phi) is 3.90. The van der Waals surface area contributed by atoms with Crippen molar-refractivity contribution in [2.24, 2.45) is 0 Å². The molecule has 3 nitrogen and oxygen atoms in total. The monoisotopic (exact) mass is 309 g/mol. The zero-order chi connectivity index (χ0) is 14.1. The van der Waals surface area contributed by atoms with E-state index in [0.717, 1.165) is 30.9 Å². The van der Waals surface area contributed by atoms with Crippen molar-refractivity contribution in [3.63, 3.8) is 0 Å². The van der Waals surface area contributed by atoms with Gasteiger partial charge < -0.3 is 5.32 Å². The number of nitrogens with zero attached hydrogens (tertiary/aromatic N) is 2. The van der Waals surface area contributed by atoms with Crippen molar-refractivity contribution in [3.8, 4) is 5.69 Å². The third-order valence-corrected chi connectivity index (χ3v) is 4.03. The summed E-state index contributed by atoms with van der Waals surface area (Å²) in [7, 11) is 0. The number of hydrogen-bond acceptors (Lipinski definition) is 2. The Morgan fingerprint density at radius 2 is 2.00 bits per heavy atom. The summed E-state index contributed by atoms with van der Waals surface area (Å²) in [6.45, 7) is 3.17. The minimum Gasteiger partial charge on any atom is -0.369 e. The molecule has 1 aromatic heterocycles. The number of rotatable bonds is 4. The van der Waals surface area contributed by atoms with Crippen LogP contribution in [0.5, 0.6) is 0 Å². The second kappa shape index (κ2) is 5.66. The second-order valence-corrected chi connectivity index (χ2v) is 5.97. The standard InChI is InChI=1S/C15H17Cl2N3/c1-2-3-4-14-13-5-6-18-15(13)20(19-14)12-8-10(16)7-11(17)9-12/h7-9,18H,2-6H2,1H3. The third kappa shape index (κ3) is 2.52. The molecule has 0 spiro atoms. The van der Waals surface area contributed by atoms with Crippen molar-refractivity contribution in [1.29, 1.82) is 0 Å². The molecule has 0 bridgehead atoms. The lowest BCUT2D eigenvalue weighted by atomic mass is 10.1. The van der Waals surface area contributed by atoms with E-state index in [0.29, 0.717) is 10.0 Å². The van der Waals surface area contributed by atoms with Crippen LogP contribution in [0.3, 0.4) is 0 Å². The first-order chi connectivity index (χ1) is 9.69. The maximum atomic E-state index is 6.10. The number of benzene rings is 1. The summed E-state index contributed by atoms with van der Waals surface area (Å²) in [4.78, 5) is 0. The third-order valence-electron chi connectivity index (χ3n) is 3.59. The minimum atomic E-state index is 0.629. The van der Waals surface area contributed by atoms with Crippen LogP contribution in [0, 0.1) is 0 Å². The number of aromatic nitrogens is 2. The molecule has 0 saturated heterocycles. The van der Waals surface area contributed by atoms with Gasteiger partial charge in [0.05, 0.1) is 11.4 Å². The Balaban J connectivity index is 2.05. The highest BCUT2D eigenvalue weighted by Crippen LogP contribution is 2.31. The molecule has 20 heavy (non-hydrogen) atoms. The van der Waals surface area contributed by atoms with Gasteiger partial charge in [-0.05, 0) is 37.5 Å². The van der Waals surface area contributed by atoms with Gasteiger partial charge in [-0.3, -0.25) is 0 Å². The topological polar surface area (TPSA) is 29.9 Å². The molecule has 0 aliphatic carbocycles. The zero-order valence-electron chi connectivity index (χ0n) is 11.4. The number of anilines is 1. The Labute approximate surface area is 128 Å². The van der Waals surface area contributed by atoms with Crippen molar-refractivity contribution in [3.05, 3.63) is 39.5 Å². The van der Waals surface area contributed by atoms with E-state index in [-0.39, 0.29) is 0 Å². The summed E-state index contributed by atoms with van der Waals surface area (Å²) in [6.07, 6.45) is 4.42. The lowest BCUT2D eigenvalue weighted by Crippen LogP contribution is -2.05. The molecule has 0 amide bonds. The molecule has 1 aliphatic heterocycles. The second-order valence-electron chi connectivity index (χ2n) is 5.09. The molecule has 0 saturated carbocycles. The van der Waals surface area contributed by atoms with Gasteiger partial charge in [0.2, 0.25) is 0 Å². The van der Waals surface area contributed by atoms with E-state index < -0.39 is 0 Å². The fraction of sp³-hybridized carbons (Fsp3) is 0.400. The molecule has 1 aliphatic rings. The fourth-order valence-electron chi connectivity index (χ4n) is 2.64. The summed E-state index contributed by atoms with van der Waals surface area (Å²) in [5, 5.41) is 9.43. The van der Waals surface area contributed by atoms with E-state index in [9.17, 15) is 0 Å². The van der Waals surface area contributed by atoms with E-state index in [2.05, 4.69) is 12.2 Å². The van der Waals surface area contributed by atoms with Crippen LogP contribution in [0.15, 0.2) is 18.2 Å². The molecule has 3 rings (SSSR count). The largest absolute Gasteiger partial charge is 0.369 e. The van der Waals surface area contributed by atoms with E-state index >= 15 is 0 Å². The average molecular weight is 310 g/mol. The van der Waals surface area contributed by atoms with E-state index in [4.69, 9.17) is 28.3 Å². The number of halogens is 2. The summed E-state index contributed by atoms with van der Waals surface area (Å²) in [6, 6.07) is 5.52. The molecule has 1 N–H and O–H groups in total. The molecule has 5 heteroatoms. The van der Waals surface area contributed by atoms with Crippen molar-refractivity contribution >= 4 is 29.0 Å². The van der Waals surface area contributed by atoms with Crippen LogP contribution >= 0.6 is 23.2 Å². The molecule has 106 valence electrons. The number of aryl methyl sites for hydroxylation is 1. The van der Waals surface area contributed by atoms with Gasteiger partial charge in [-0.25, -0.2) is 4.68 Å². The van der Waals surface area contributed by atoms with Crippen LogP contribution < -0.4 is 5.32 Å². The van der Waals surface area contributed by atoms with Gasteiger partial charge in [0.25, 0.3) is 0 Å². The molecule has 0 unspecified atom stereocenters. The lowest BCUT2D eigenvalue weighted by molar-refractivity contribution is 0.744. The Morgan fingerprint density at radius 3 is 2.70 bits per heavy atom. The Morgan fingerprint density at radius 1 is 1.25 bits per heavy atom. The molecule has 2 aromatic rings. The van der Waals surface area contributed by atoms with Gasteiger partial charge in [-0.15, -0.1) is 0 Å². The number of nitrogens with one attached hydrogen (secondary N) is 1. The number of fused-ring (bicyclic) bond motifs is 1. The SMILES string of the molecule is CCCCc1nn(-c2cc(Cl)cc(Cl)c2)c2c1CCN2. The maximum Gasteiger partial charge on any atom is 0.133 e. The van der Waals surface area contributed by atoms with Gasteiger partial charge in [-0.2, -0.15) is 5.10 Å². The maximum absolute atomic E-state index is 6.10. The van der Waals surface area contributed by atoms with Gasteiger partial charge in [0, 0.05) is 22.2 Å². The van der Waals surface area contributed by atoms with Crippen LogP contribution in [0.25, 0.3) is 5.69 Å². The van der Waals surface area contributed by atoms with E-state index in [1.165, 1.54) is 24.1 Å². The quantitative estimate of drug-likeness (QED) is 0.901. The van der Waals surface area contributed by atoms with Crippen LogP contribution in [0.2, 0.25) is 10.0 Å². The number of hydrogen-bond donors (Lipinski definition) is 1. The predicted octanol–water partition coefficient (Wildman–Crippen LogP) is 4.49. The first-order valence-corrected chi connectivity index (χ1v) is 7.75. The van der Waals surface area contributed by atoms with Crippen molar-refractivity contribution in [2.75, 3.05) is 11.9 Å². The normalized spacial score (nSPS) is 13.3. The Hall–Kier alpha value is -1.19. The smallest absolute Gasteiger partial charge is 0.133 e. The molecule has 0 fully saturated rings. The lowest BCUT2D eigenvalue weighted by Gasteiger charge is -2.07. The summed E-state index contributed by atoms with van der Waals surface area (Å²) in [5.41, 5.74) is 3.45. The highest BCUT2D eigenvalue weighted by atomic mass is 35.5. The molecule has 1 aromatic carbocycles. The van der Waals surface area contributed by atoms with Crippen LogP contribution in [-0.2, 0) is 12.8 Å². The average Bonchev–Trinajstić information content (AvgIpc) is 2.97. The Bertz CT molecular complexity index is 614. The first-order valence-electron chi connectivity index (χ1n) is 7.00. The molecular weight excluding hydrogens is 293 g/mol. The van der Waals surface area contributed by atoms with E-state index in [1.54, 1.807) is 6.07 Å². The predicted molar refractivity (Wildman–Crippen MR) is 84.4 cm³/mol. The van der Waals surface area contributed by atoms with Gasteiger partial charge in [-0.1, -0.05) is 36.5 Å². The molecule has 0 atom stereocenters. The number of unbranched alkanes of at least 4 members (excludes halogenated alkanes) is 1. The minimum absolute atomic E-state index is 0.629. The highest BCUT2D eigenvalue weighted by Gasteiger charge is 2.22.